The number of hydrogen-bond donors (Lipinski definition) is 2. The van der Waals surface area contributed by atoms with Crippen LogP contribution in [0.5, 0.6) is 0 Å². The predicted octanol–water partition coefficient (Wildman–Crippen LogP) is 4.86. The van der Waals surface area contributed by atoms with Gasteiger partial charge in [0, 0.05) is 11.3 Å². The molecule has 0 unspecified atom stereocenters. The summed E-state index contributed by atoms with van der Waals surface area (Å²) >= 11 is 0. The van der Waals surface area contributed by atoms with Crippen molar-refractivity contribution in [3.8, 4) is 0 Å². The molecule has 3 heteroatoms. The number of aryl methyl sites for hydroxylation is 1. The van der Waals surface area contributed by atoms with Gasteiger partial charge in [-0.15, -0.1) is 0 Å². The number of hydrogen-bond acceptors (Lipinski definition) is 2. The lowest BCUT2D eigenvalue weighted by Crippen LogP contribution is -2.26. The standard InChI is InChI=1S/C21H26N2O/c1-6-16-7-13-19(14-8-16)22-15(2)23-20(24)17-9-11-18(12-10-17)21(3,4)5/h7-14,22H,2,6H2,1,3-5H3,(H,23,24). The molecule has 3 nitrogen and oxygen atoms in total. The fourth-order valence-electron chi connectivity index (χ4n) is 2.36. The summed E-state index contributed by atoms with van der Waals surface area (Å²) in [4.78, 5) is 12.3. The molecule has 0 atom stereocenters. The lowest BCUT2D eigenvalue weighted by Gasteiger charge is -2.19. The minimum atomic E-state index is -0.168. The number of carbonyl (C=O) groups is 1. The Balaban J connectivity index is 1.96. The van der Waals surface area contributed by atoms with Crippen molar-refractivity contribution in [1.29, 1.82) is 0 Å². The van der Waals surface area contributed by atoms with E-state index in [9.17, 15) is 4.79 Å². The van der Waals surface area contributed by atoms with Gasteiger partial charge in [0.15, 0.2) is 0 Å². The number of nitrogens with one attached hydrogen (secondary N) is 2. The van der Waals surface area contributed by atoms with Gasteiger partial charge in [-0.25, -0.2) is 0 Å². The normalized spacial score (nSPS) is 11.0. The van der Waals surface area contributed by atoms with Gasteiger partial charge in [0.2, 0.25) is 0 Å². The van der Waals surface area contributed by atoms with E-state index < -0.39 is 0 Å². The quantitative estimate of drug-likeness (QED) is 0.825. The zero-order chi connectivity index (χ0) is 17.7. The maximum atomic E-state index is 12.3. The second-order valence-corrected chi connectivity index (χ2v) is 6.94. The molecule has 0 aliphatic carbocycles. The summed E-state index contributed by atoms with van der Waals surface area (Å²) in [6, 6.07) is 15.8. The van der Waals surface area contributed by atoms with E-state index in [1.54, 1.807) is 0 Å². The van der Waals surface area contributed by atoms with Crippen LogP contribution < -0.4 is 10.6 Å². The van der Waals surface area contributed by atoms with Crippen LogP contribution in [0.3, 0.4) is 0 Å². The molecular formula is C21H26N2O. The molecule has 24 heavy (non-hydrogen) atoms. The zero-order valence-electron chi connectivity index (χ0n) is 14.9. The summed E-state index contributed by atoms with van der Waals surface area (Å²) in [5, 5.41) is 5.89. The summed E-state index contributed by atoms with van der Waals surface area (Å²) in [6.45, 7) is 12.4. The Hall–Kier alpha value is -2.55. The molecule has 0 saturated carbocycles. The predicted molar refractivity (Wildman–Crippen MR) is 101 cm³/mol. The maximum Gasteiger partial charge on any atom is 0.256 e. The lowest BCUT2D eigenvalue weighted by molar-refractivity contribution is 0.0966. The van der Waals surface area contributed by atoms with Crippen molar-refractivity contribution in [2.24, 2.45) is 0 Å². The van der Waals surface area contributed by atoms with Gasteiger partial charge in [0.05, 0.1) is 0 Å². The summed E-state index contributed by atoms with van der Waals surface area (Å²) < 4.78 is 0. The molecule has 126 valence electrons. The third-order valence-corrected chi connectivity index (χ3v) is 3.93. The van der Waals surface area contributed by atoms with E-state index in [0.717, 1.165) is 12.1 Å². The van der Waals surface area contributed by atoms with Crippen LogP contribution in [-0.2, 0) is 11.8 Å². The van der Waals surface area contributed by atoms with Crippen molar-refractivity contribution in [2.45, 2.75) is 39.5 Å². The van der Waals surface area contributed by atoms with Crippen molar-refractivity contribution in [1.82, 2.24) is 5.32 Å². The first-order valence-corrected chi connectivity index (χ1v) is 8.26. The topological polar surface area (TPSA) is 41.1 Å². The number of carbonyl (C=O) groups excluding carboxylic acids is 1. The van der Waals surface area contributed by atoms with E-state index in [4.69, 9.17) is 0 Å². The van der Waals surface area contributed by atoms with Gasteiger partial charge in [0.25, 0.3) is 5.91 Å². The number of benzene rings is 2. The largest absolute Gasteiger partial charge is 0.342 e. The molecule has 2 aromatic rings. The van der Waals surface area contributed by atoms with Crippen LogP contribution in [0.15, 0.2) is 60.9 Å². The van der Waals surface area contributed by atoms with Gasteiger partial charge >= 0.3 is 0 Å². The van der Waals surface area contributed by atoms with Gasteiger partial charge in [-0.1, -0.05) is 58.5 Å². The van der Waals surface area contributed by atoms with Gasteiger partial charge in [-0.2, -0.15) is 0 Å². The van der Waals surface area contributed by atoms with Crippen molar-refractivity contribution in [2.75, 3.05) is 5.32 Å². The summed E-state index contributed by atoms with van der Waals surface area (Å²) in [5.74, 6) is 0.294. The van der Waals surface area contributed by atoms with Crippen LogP contribution in [0, 0.1) is 0 Å². The minimum absolute atomic E-state index is 0.0742. The smallest absolute Gasteiger partial charge is 0.256 e. The third-order valence-electron chi connectivity index (χ3n) is 3.93. The van der Waals surface area contributed by atoms with E-state index in [-0.39, 0.29) is 11.3 Å². The van der Waals surface area contributed by atoms with E-state index >= 15 is 0 Å². The Morgan fingerprint density at radius 1 is 1.00 bits per heavy atom. The van der Waals surface area contributed by atoms with Crippen molar-refractivity contribution in [3.63, 3.8) is 0 Å². The Morgan fingerprint density at radius 2 is 1.58 bits per heavy atom. The molecular weight excluding hydrogens is 296 g/mol. The molecule has 0 bridgehead atoms. The Bertz CT molecular complexity index is 707. The van der Waals surface area contributed by atoms with Crippen molar-refractivity contribution >= 4 is 11.6 Å². The molecule has 2 aromatic carbocycles. The number of amides is 1. The molecule has 0 aliphatic heterocycles. The maximum absolute atomic E-state index is 12.3. The zero-order valence-corrected chi connectivity index (χ0v) is 14.9. The van der Waals surface area contributed by atoms with Gasteiger partial charge in [-0.05, 0) is 47.2 Å². The molecule has 0 spiro atoms. The highest BCUT2D eigenvalue weighted by atomic mass is 16.1. The molecule has 0 aromatic heterocycles. The Labute approximate surface area is 144 Å². The van der Waals surface area contributed by atoms with Gasteiger partial charge < -0.3 is 10.6 Å². The fourth-order valence-corrected chi connectivity index (χ4v) is 2.36. The average Bonchev–Trinajstić information content (AvgIpc) is 2.54. The van der Waals surface area contributed by atoms with Crippen LogP contribution in [-0.4, -0.2) is 5.91 Å². The van der Waals surface area contributed by atoms with E-state index in [0.29, 0.717) is 11.4 Å². The SMILES string of the molecule is C=C(NC(=O)c1ccc(C(C)(C)C)cc1)Nc1ccc(CC)cc1. The molecule has 0 heterocycles. The molecule has 0 fully saturated rings. The number of anilines is 1. The average molecular weight is 322 g/mol. The van der Waals surface area contributed by atoms with Crippen LogP contribution in [0.2, 0.25) is 0 Å². The van der Waals surface area contributed by atoms with Crippen LogP contribution in [0.4, 0.5) is 5.69 Å². The summed E-state index contributed by atoms with van der Waals surface area (Å²) in [7, 11) is 0. The molecule has 0 saturated heterocycles. The molecule has 2 N–H and O–H groups in total. The molecule has 2 rings (SSSR count). The highest BCUT2D eigenvalue weighted by Crippen LogP contribution is 2.22. The van der Waals surface area contributed by atoms with E-state index in [1.165, 1.54) is 11.1 Å². The fraction of sp³-hybridized carbons (Fsp3) is 0.286. The third kappa shape index (κ3) is 4.72. The van der Waals surface area contributed by atoms with E-state index in [1.807, 2.05) is 36.4 Å². The monoisotopic (exact) mass is 322 g/mol. The van der Waals surface area contributed by atoms with Crippen molar-refractivity contribution < 1.29 is 4.79 Å². The van der Waals surface area contributed by atoms with Gasteiger partial charge in [-0.3, -0.25) is 4.79 Å². The highest BCUT2D eigenvalue weighted by molar-refractivity contribution is 5.95. The first kappa shape index (κ1) is 17.8. The Morgan fingerprint density at radius 3 is 2.08 bits per heavy atom. The first-order valence-electron chi connectivity index (χ1n) is 8.26. The second-order valence-electron chi connectivity index (χ2n) is 6.94. The van der Waals surface area contributed by atoms with Crippen LogP contribution >= 0.6 is 0 Å². The second kappa shape index (κ2) is 7.35. The minimum Gasteiger partial charge on any atom is -0.342 e. The number of rotatable bonds is 5. The molecule has 1 amide bonds. The molecule has 0 aliphatic rings. The van der Waals surface area contributed by atoms with Crippen LogP contribution in [0.25, 0.3) is 0 Å². The van der Waals surface area contributed by atoms with Crippen LogP contribution in [0.1, 0.15) is 49.2 Å². The first-order chi connectivity index (χ1) is 11.3. The molecule has 0 radical (unpaired) electrons. The highest BCUT2D eigenvalue weighted by Gasteiger charge is 2.14. The summed E-state index contributed by atoms with van der Waals surface area (Å²) in [5.41, 5.74) is 4.07. The Kier molecular flexibility index (Phi) is 5.45. The van der Waals surface area contributed by atoms with E-state index in [2.05, 4.69) is 57.0 Å². The van der Waals surface area contributed by atoms with Gasteiger partial charge in [0.1, 0.15) is 5.82 Å². The van der Waals surface area contributed by atoms with Crippen molar-refractivity contribution in [3.05, 3.63) is 77.6 Å². The lowest BCUT2D eigenvalue weighted by atomic mass is 9.87. The summed E-state index contributed by atoms with van der Waals surface area (Å²) in [6.07, 6.45) is 1.00.